The van der Waals surface area contributed by atoms with Gasteiger partial charge in [-0.2, -0.15) is 5.26 Å². The van der Waals surface area contributed by atoms with Gasteiger partial charge in [0.1, 0.15) is 10.3 Å². The maximum Gasteiger partial charge on any atom is 0.280 e. The first-order valence-electron chi connectivity index (χ1n) is 3.45. The maximum absolute atomic E-state index is 12.3. The molecule has 0 unspecified atom stereocenters. The Balaban J connectivity index is 3.12. The van der Waals surface area contributed by atoms with Crippen molar-refractivity contribution in [1.82, 2.24) is 4.98 Å². The van der Waals surface area contributed by atoms with Crippen molar-refractivity contribution in [2.75, 3.05) is 0 Å². The van der Waals surface area contributed by atoms with Crippen molar-refractivity contribution in [3.05, 3.63) is 28.0 Å². The van der Waals surface area contributed by atoms with Crippen LogP contribution < -0.4 is 0 Å². The Morgan fingerprint density at radius 1 is 1.54 bits per heavy atom. The van der Waals surface area contributed by atoms with Gasteiger partial charge in [-0.25, -0.2) is 13.8 Å². The molecule has 0 saturated carbocycles. The summed E-state index contributed by atoms with van der Waals surface area (Å²) in [5, 5.41) is 8.36. The van der Waals surface area contributed by atoms with Crippen LogP contribution in [0.1, 0.15) is 17.7 Å². The van der Waals surface area contributed by atoms with Crippen molar-refractivity contribution < 1.29 is 8.78 Å². The van der Waals surface area contributed by atoms with E-state index in [1.54, 1.807) is 6.07 Å². The van der Waals surface area contributed by atoms with E-state index in [1.807, 2.05) is 6.07 Å². The number of hydrogen-bond donors (Lipinski definition) is 0. The minimum absolute atomic E-state index is 0.0417. The highest BCUT2D eigenvalue weighted by Gasteiger charge is 2.14. The summed E-state index contributed by atoms with van der Waals surface area (Å²) in [4.78, 5) is 3.61. The molecule has 5 heteroatoms. The standard InChI is InChI=1S/C8H5BrF2N2/c9-6-2-1-5(3-4-12)7(13-6)8(10)11/h1-2,8H,3H2. The fourth-order valence-corrected chi connectivity index (χ4v) is 1.23. The molecule has 0 saturated heterocycles. The monoisotopic (exact) mass is 246 g/mol. The number of halogens is 3. The molecule has 0 amide bonds. The Labute approximate surface area is 82.3 Å². The Morgan fingerprint density at radius 2 is 2.23 bits per heavy atom. The van der Waals surface area contributed by atoms with Gasteiger partial charge < -0.3 is 0 Å². The lowest BCUT2D eigenvalue weighted by molar-refractivity contribution is 0.145. The quantitative estimate of drug-likeness (QED) is 0.753. The number of nitrogens with zero attached hydrogens (tertiary/aromatic N) is 2. The average Bonchev–Trinajstić information content (AvgIpc) is 2.08. The van der Waals surface area contributed by atoms with Crippen molar-refractivity contribution in [3.8, 4) is 6.07 Å². The molecule has 1 heterocycles. The molecule has 0 bridgehead atoms. The second kappa shape index (κ2) is 4.28. The molecular weight excluding hydrogens is 242 g/mol. The third kappa shape index (κ3) is 2.46. The Hall–Kier alpha value is -1.02. The van der Waals surface area contributed by atoms with E-state index in [2.05, 4.69) is 20.9 Å². The number of aromatic nitrogens is 1. The minimum Gasteiger partial charge on any atom is -0.240 e. The SMILES string of the molecule is N#CCc1ccc(Br)nc1C(F)F. The summed E-state index contributed by atoms with van der Waals surface area (Å²) in [6, 6.07) is 4.82. The van der Waals surface area contributed by atoms with Crippen LogP contribution in [0.25, 0.3) is 0 Å². The lowest BCUT2D eigenvalue weighted by atomic mass is 10.1. The summed E-state index contributed by atoms with van der Waals surface area (Å²) < 4.78 is 25.0. The summed E-state index contributed by atoms with van der Waals surface area (Å²) in [6.45, 7) is 0. The summed E-state index contributed by atoms with van der Waals surface area (Å²) in [5.41, 5.74) is -0.0448. The van der Waals surface area contributed by atoms with Crippen LogP contribution in [0.5, 0.6) is 0 Å². The van der Waals surface area contributed by atoms with Crippen molar-refractivity contribution in [1.29, 1.82) is 5.26 Å². The zero-order valence-corrected chi connectivity index (χ0v) is 8.05. The van der Waals surface area contributed by atoms with Crippen LogP contribution in [0.3, 0.4) is 0 Å². The van der Waals surface area contributed by atoms with Gasteiger partial charge in [0.05, 0.1) is 12.5 Å². The van der Waals surface area contributed by atoms with E-state index < -0.39 is 6.43 Å². The summed E-state index contributed by atoms with van der Waals surface area (Å²) in [7, 11) is 0. The molecule has 13 heavy (non-hydrogen) atoms. The molecule has 68 valence electrons. The third-order valence-electron chi connectivity index (χ3n) is 1.45. The van der Waals surface area contributed by atoms with Crippen molar-refractivity contribution in [3.63, 3.8) is 0 Å². The molecule has 0 atom stereocenters. The number of nitriles is 1. The van der Waals surface area contributed by atoms with Gasteiger partial charge in [-0.1, -0.05) is 6.07 Å². The van der Waals surface area contributed by atoms with Crippen LogP contribution in [0.2, 0.25) is 0 Å². The second-order valence-corrected chi connectivity index (χ2v) is 3.13. The van der Waals surface area contributed by atoms with E-state index in [4.69, 9.17) is 5.26 Å². The van der Waals surface area contributed by atoms with E-state index >= 15 is 0 Å². The van der Waals surface area contributed by atoms with Crippen LogP contribution in [0, 0.1) is 11.3 Å². The van der Waals surface area contributed by atoms with Crippen LogP contribution in [0.4, 0.5) is 8.78 Å². The van der Waals surface area contributed by atoms with Gasteiger partial charge in [-0.3, -0.25) is 0 Å². The maximum atomic E-state index is 12.3. The molecule has 1 rings (SSSR count). The summed E-state index contributed by atoms with van der Waals surface area (Å²) in [5.74, 6) is 0. The Kier molecular flexibility index (Phi) is 3.32. The topological polar surface area (TPSA) is 36.7 Å². The highest BCUT2D eigenvalue weighted by atomic mass is 79.9. The van der Waals surface area contributed by atoms with E-state index in [9.17, 15) is 8.78 Å². The first-order valence-corrected chi connectivity index (χ1v) is 4.25. The first-order chi connectivity index (χ1) is 6.15. The molecule has 0 aliphatic rings. The number of hydrogen-bond acceptors (Lipinski definition) is 2. The molecule has 0 fully saturated rings. The summed E-state index contributed by atoms with van der Waals surface area (Å²) in [6.07, 6.45) is -2.68. The predicted octanol–water partition coefficient (Wildman–Crippen LogP) is 2.85. The largest absolute Gasteiger partial charge is 0.280 e. The molecule has 0 radical (unpaired) electrons. The number of rotatable bonds is 2. The molecule has 0 aliphatic carbocycles. The molecule has 0 spiro atoms. The van der Waals surface area contributed by atoms with Crippen LogP contribution >= 0.6 is 15.9 Å². The lowest BCUT2D eigenvalue weighted by Crippen LogP contribution is -1.97. The number of pyridine rings is 1. The fourth-order valence-electron chi connectivity index (χ4n) is 0.902. The molecular formula is C8H5BrF2N2. The van der Waals surface area contributed by atoms with E-state index in [0.717, 1.165) is 0 Å². The highest BCUT2D eigenvalue weighted by molar-refractivity contribution is 9.10. The summed E-state index contributed by atoms with van der Waals surface area (Å²) >= 11 is 2.99. The molecule has 1 aromatic rings. The van der Waals surface area contributed by atoms with Crippen LogP contribution in [-0.4, -0.2) is 4.98 Å². The normalized spacial score (nSPS) is 10.1. The van der Waals surface area contributed by atoms with E-state index in [1.165, 1.54) is 6.07 Å². The lowest BCUT2D eigenvalue weighted by Gasteiger charge is -2.04. The molecule has 0 N–H and O–H groups in total. The zero-order valence-electron chi connectivity index (χ0n) is 6.47. The fraction of sp³-hybridized carbons (Fsp3) is 0.250. The minimum atomic E-state index is -2.64. The van der Waals surface area contributed by atoms with Gasteiger partial charge in [-0.15, -0.1) is 0 Å². The molecule has 2 nitrogen and oxygen atoms in total. The second-order valence-electron chi connectivity index (χ2n) is 2.31. The smallest absolute Gasteiger partial charge is 0.240 e. The van der Waals surface area contributed by atoms with Crippen LogP contribution in [-0.2, 0) is 6.42 Å². The predicted molar refractivity (Wildman–Crippen MR) is 46.2 cm³/mol. The van der Waals surface area contributed by atoms with Gasteiger partial charge in [0.25, 0.3) is 6.43 Å². The molecule has 0 aromatic carbocycles. The van der Waals surface area contributed by atoms with E-state index in [-0.39, 0.29) is 17.7 Å². The first kappa shape index (κ1) is 10.1. The van der Waals surface area contributed by atoms with Gasteiger partial charge in [0.2, 0.25) is 0 Å². The molecule has 1 aromatic heterocycles. The van der Waals surface area contributed by atoms with Crippen LogP contribution in [0.15, 0.2) is 16.7 Å². The van der Waals surface area contributed by atoms with Crippen molar-refractivity contribution >= 4 is 15.9 Å². The molecule has 0 aliphatic heterocycles. The Bertz CT molecular complexity index is 346. The Morgan fingerprint density at radius 3 is 2.77 bits per heavy atom. The van der Waals surface area contributed by atoms with Gasteiger partial charge in [0, 0.05) is 0 Å². The van der Waals surface area contributed by atoms with Gasteiger partial charge in [0.15, 0.2) is 0 Å². The highest BCUT2D eigenvalue weighted by Crippen LogP contribution is 2.23. The number of alkyl halides is 2. The third-order valence-corrected chi connectivity index (χ3v) is 1.90. The average molecular weight is 247 g/mol. The zero-order chi connectivity index (χ0) is 9.84. The van der Waals surface area contributed by atoms with E-state index in [0.29, 0.717) is 4.60 Å². The van der Waals surface area contributed by atoms with Crippen molar-refractivity contribution in [2.24, 2.45) is 0 Å². The van der Waals surface area contributed by atoms with Crippen molar-refractivity contribution in [2.45, 2.75) is 12.8 Å². The van der Waals surface area contributed by atoms with Gasteiger partial charge >= 0.3 is 0 Å². The van der Waals surface area contributed by atoms with Gasteiger partial charge in [-0.05, 0) is 27.6 Å².